The predicted molar refractivity (Wildman–Crippen MR) is 55.1 cm³/mol. The highest BCUT2D eigenvalue weighted by atomic mass is 16.1. The van der Waals surface area contributed by atoms with Gasteiger partial charge in [-0.3, -0.25) is 4.79 Å². The van der Waals surface area contributed by atoms with E-state index in [2.05, 4.69) is 24.3 Å². The Balaban J connectivity index is 1.99. The molecule has 2 aliphatic carbocycles. The molecule has 1 aromatic carbocycles. The molecule has 1 nitrogen and oxygen atoms in total. The Kier molecular flexibility index (Phi) is 1.73. The SMILES string of the molecule is O=C1CC[C@@H]2Cc3ccccc3C[C@H]12. The molecule has 1 saturated carbocycles. The largest absolute Gasteiger partial charge is 0.299 e. The monoisotopic (exact) mass is 186 g/mol. The molecule has 0 spiro atoms. The lowest BCUT2D eigenvalue weighted by Crippen LogP contribution is -2.24. The van der Waals surface area contributed by atoms with Crippen molar-refractivity contribution in [2.75, 3.05) is 0 Å². The lowest BCUT2D eigenvalue weighted by Gasteiger charge is -2.26. The summed E-state index contributed by atoms with van der Waals surface area (Å²) in [7, 11) is 0. The van der Waals surface area contributed by atoms with Gasteiger partial charge in [0.1, 0.15) is 5.78 Å². The maximum Gasteiger partial charge on any atom is 0.136 e. The molecule has 1 fully saturated rings. The minimum absolute atomic E-state index is 0.352. The van der Waals surface area contributed by atoms with Crippen molar-refractivity contribution in [2.24, 2.45) is 11.8 Å². The van der Waals surface area contributed by atoms with Crippen molar-refractivity contribution in [1.29, 1.82) is 0 Å². The number of Topliss-reactive ketones (excluding diaryl/α,β-unsaturated/α-hetero) is 1. The minimum Gasteiger partial charge on any atom is -0.299 e. The van der Waals surface area contributed by atoms with Crippen LogP contribution in [0.1, 0.15) is 24.0 Å². The van der Waals surface area contributed by atoms with Gasteiger partial charge in [0.25, 0.3) is 0 Å². The van der Waals surface area contributed by atoms with E-state index in [1.807, 2.05) is 0 Å². The van der Waals surface area contributed by atoms with E-state index < -0.39 is 0 Å². The fraction of sp³-hybridized carbons (Fsp3) is 0.462. The molecule has 14 heavy (non-hydrogen) atoms. The van der Waals surface area contributed by atoms with Gasteiger partial charge in [0.2, 0.25) is 0 Å². The summed E-state index contributed by atoms with van der Waals surface area (Å²) in [6, 6.07) is 8.58. The van der Waals surface area contributed by atoms with E-state index in [9.17, 15) is 4.79 Å². The summed E-state index contributed by atoms with van der Waals surface area (Å²) in [6.07, 6.45) is 4.08. The van der Waals surface area contributed by atoms with E-state index >= 15 is 0 Å². The highest BCUT2D eigenvalue weighted by molar-refractivity contribution is 5.84. The summed E-state index contributed by atoms with van der Waals surface area (Å²) in [5.41, 5.74) is 2.88. The molecule has 0 aromatic heterocycles. The van der Waals surface area contributed by atoms with Crippen LogP contribution in [0.3, 0.4) is 0 Å². The van der Waals surface area contributed by atoms with E-state index in [4.69, 9.17) is 0 Å². The first-order valence-electron chi connectivity index (χ1n) is 5.44. The minimum atomic E-state index is 0.352. The number of carbonyl (C=O) groups excluding carboxylic acids is 1. The zero-order valence-corrected chi connectivity index (χ0v) is 8.20. The molecule has 72 valence electrons. The first-order valence-corrected chi connectivity index (χ1v) is 5.44. The van der Waals surface area contributed by atoms with Gasteiger partial charge in [-0.1, -0.05) is 24.3 Å². The standard InChI is InChI=1S/C13H14O/c14-13-6-5-11-7-9-3-1-2-4-10(9)8-12(11)13/h1-4,11-12H,5-8H2/t11-,12+/m1/s1. The number of ketones is 1. The van der Waals surface area contributed by atoms with Gasteiger partial charge >= 0.3 is 0 Å². The Morgan fingerprint density at radius 1 is 1.07 bits per heavy atom. The Hall–Kier alpha value is -1.11. The molecule has 0 bridgehead atoms. The molecular formula is C13H14O. The van der Waals surface area contributed by atoms with Gasteiger partial charge in [-0.25, -0.2) is 0 Å². The smallest absolute Gasteiger partial charge is 0.136 e. The van der Waals surface area contributed by atoms with E-state index in [0.29, 0.717) is 17.6 Å². The molecular weight excluding hydrogens is 172 g/mol. The fourth-order valence-electron chi connectivity index (χ4n) is 2.98. The molecule has 0 radical (unpaired) electrons. The van der Waals surface area contributed by atoms with Crippen LogP contribution in [0.2, 0.25) is 0 Å². The van der Waals surface area contributed by atoms with Crippen LogP contribution in [0.5, 0.6) is 0 Å². The van der Waals surface area contributed by atoms with Crippen molar-refractivity contribution in [2.45, 2.75) is 25.7 Å². The summed E-state index contributed by atoms with van der Waals surface area (Å²) in [6.45, 7) is 0. The van der Waals surface area contributed by atoms with E-state index in [0.717, 1.165) is 25.7 Å². The first kappa shape index (κ1) is 8.22. The second kappa shape index (κ2) is 2.94. The molecule has 0 heterocycles. The molecule has 2 aliphatic rings. The van der Waals surface area contributed by atoms with Gasteiger partial charge in [-0.15, -0.1) is 0 Å². The average molecular weight is 186 g/mol. The van der Waals surface area contributed by atoms with Crippen LogP contribution in [-0.4, -0.2) is 5.78 Å². The van der Waals surface area contributed by atoms with Gasteiger partial charge < -0.3 is 0 Å². The van der Waals surface area contributed by atoms with Crippen LogP contribution in [0, 0.1) is 11.8 Å². The Bertz CT molecular complexity index is 381. The van der Waals surface area contributed by atoms with Gasteiger partial charge in [-0.2, -0.15) is 0 Å². The van der Waals surface area contributed by atoms with Crippen molar-refractivity contribution in [3.05, 3.63) is 35.4 Å². The summed E-state index contributed by atoms with van der Waals surface area (Å²) in [5.74, 6) is 1.51. The summed E-state index contributed by atoms with van der Waals surface area (Å²) in [4.78, 5) is 11.6. The first-order chi connectivity index (χ1) is 6.84. The lowest BCUT2D eigenvalue weighted by atomic mass is 9.78. The number of rotatable bonds is 0. The van der Waals surface area contributed by atoms with Crippen LogP contribution in [0.15, 0.2) is 24.3 Å². The highest BCUT2D eigenvalue weighted by Gasteiger charge is 2.37. The molecule has 0 N–H and O–H groups in total. The van der Waals surface area contributed by atoms with Crippen LogP contribution >= 0.6 is 0 Å². The van der Waals surface area contributed by atoms with E-state index in [1.54, 1.807) is 0 Å². The number of benzene rings is 1. The molecule has 0 aliphatic heterocycles. The van der Waals surface area contributed by atoms with Crippen LogP contribution in [-0.2, 0) is 17.6 Å². The van der Waals surface area contributed by atoms with Crippen LogP contribution in [0.4, 0.5) is 0 Å². The number of hydrogen-bond acceptors (Lipinski definition) is 1. The third-order valence-corrected chi connectivity index (χ3v) is 3.78. The second-order valence-corrected chi connectivity index (χ2v) is 4.55. The third kappa shape index (κ3) is 1.12. The van der Waals surface area contributed by atoms with Crippen molar-refractivity contribution < 1.29 is 4.79 Å². The van der Waals surface area contributed by atoms with Gasteiger partial charge in [0.05, 0.1) is 0 Å². The molecule has 2 atom stereocenters. The van der Waals surface area contributed by atoms with Crippen molar-refractivity contribution in [1.82, 2.24) is 0 Å². The third-order valence-electron chi connectivity index (χ3n) is 3.78. The Morgan fingerprint density at radius 2 is 1.79 bits per heavy atom. The van der Waals surface area contributed by atoms with Crippen molar-refractivity contribution in [3.8, 4) is 0 Å². The number of hydrogen-bond donors (Lipinski definition) is 0. The van der Waals surface area contributed by atoms with E-state index in [1.165, 1.54) is 11.1 Å². The zero-order valence-electron chi connectivity index (χ0n) is 8.20. The molecule has 3 rings (SSSR count). The Labute approximate surface area is 84.1 Å². The van der Waals surface area contributed by atoms with Crippen molar-refractivity contribution >= 4 is 5.78 Å². The summed E-state index contributed by atoms with van der Waals surface area (Å²) in [5, 5.41) is 0. The summed E-state index contributed by atoms with van der Waals surface area (Å²) < 4.78 is 0. The molecule has 1 heteroatoms. The van der Waals surface area contributed by atoms with Gasteiger partial charge in [0, 0.05) is 12.3 Å². The van der Waals surface area contributed by atoms with E-state index in [-0.39, 0.29) is 0 Å². The van der Waals surface area contributed by atoms with Gasteiger partial charge in [-0.05, 0) is 36.3 Å². The molecule has 0 amide bonds. The van der Waals surface area contributed by atoms with Crippen molar-refractivity contribution in [3.63, 3.8) is 0 Å². The molecule has 0 unspecified atom stereocenters. The predicted octanol–water partition coefficient (Wildman–Crippen LogP) is 2.38. The van der Waals surface area contributed by atoms with Crippen LogP contribution < -0.4 is 0 Å². The fourth-order valence-corrected chi connectivity index (χ4v) is 2.98. The Morgan fingerprint density at radius 3 is 2.57 bits per heavy atom. The highest BCUT2D eigenvalue weighted by Crippen LogP contribution is 2.38. The van der Waals surface area contributed by atoms with Gasteiger partial charge in [0.15, 0.2) is 0 Å². The van der Waals surface area contributed by atoms with Crippen LogP contribution in [0.25, 0.3) is 0 Å². The number of carbonyl (C=O) groups is 1. The maximum absolute atomic E-state index is 11.6. The number of fused-ring (bicyclic) bond motifs is 2. The molecule has 1 aromatic rings. The normalized spacial score (nSPS) is 29.9. The maximum atomic E-state index is 11.6. The summed E-state index contributed by atoms with van der Waals surface area (Å²) >= 11 is 0. The lowest BCUT2D eigenvalue weighted by molar-refractivity contribution is -0.121. The zero-order chi connectivity index (χ0) is 9.54. The quantitative estimate of drug-likeness (QED) is 0.608. The second-order valence-electron chi connectivity index (χ2n) is 4.55. The molecule has 0 saturated heterocycles. The topological polar surface area (TPSA) is 17.1 Å². The average Bonchev–Trinajstić information content (AvgIpc) is 2.57.